The predicted molar refractivity (Wildman–Crippen MR) is 64.5 cm³/mol. The van der Waals surface area contributed by atoms with Crippen LogP contribution in [0.25, 0.3) is 0 Å². The van der Waals surface area contributed by atoms with Gasteiger partial charge in [0.25, 0.3) is 0 Å². The maximum atomic E-state index is 10.3. The number of carbonyl (C=O) groups is 1. The summed E-state index contributed by atoms with van der Waals surface area (Å²) in [5, 5.41) is 8.51. The van der Waals surface area contributed by atoms with Crippen LogP contribution in [0.15, 0.2) is 22.7 Å². The first-order valence-corrected chi connectivity index (χ1v) is 6.20. The molecule has 0 aliphatic rings. The first-order chi connectivity index (χ1) is 7.13. The second-order valence-corrected chi connectivity index (χ2v) is 4.74. The molecule has 0 saturated heterocycles. The maximum absolute atomic E-state index is 10.3. The van der Waals surface area contributed by atoms with Gasteiger partial charge in [-0.25, -0.2) is 0 Å². The molecular weight excluding hydrogens is 280 g/mol. The molecule has 0 aliphatic carbocycles. The van der Waals surface area contributed by atoms with Crippen molar-refractivity contribution in [1.29, 1.82) is 0 Å². The maximum Gasteiger partial charge on any atom is 0.313 e. The van der Waals surface area contributed by atoms with Gasteiger partial charge in [-0.2, -0.15) is 0 Å². The van der Waals surface area contributed by atoms with Gasteiger partial charge in [-0.15, -0.1) is 11.8 Å². The van der Waals surface area contributed by atoms with Crippen molar-refractivity contribution >= 4 is 33.7 Å². The molecule has 82 valence electrons. The molecule has 0 bridgehead atoms. The molecular formula is C10H11BrO3S. The van der Waals surface area contributed by atoms with Gasteiger partial charge in [0.15, 0.2) is 0 Å². The van der Waals surface area contributed by atoms with Crippen molar-refractivity contribution in [1.82, 2.24) is 0 Å². The molecule has 15 heavy (non-hydrogen) atoms. The van der Waals surface area contributed by atoms with E-state index in [2.05, 4.69) is 15.9 Å². The summed E-state index contributed by atoms with van der Waals surface area (Å²) in [7, 11) is 1.61. The Kier molecular flexibility index (Phi) is 4.98. The SMILES string of the molecule is COc1ccc(Br)cc1CSCC(=O)O. The molecule has 0 heterocycles. The third-order valence-corrected chi connectivity index (χ3v) is 3.19. The van der Waals surface area contributed by atoms with E-state index in [4.69, 9.17) is 9.84 Å². The fourth-order valence-corrected chi connectivity index (χ4v) is 2.24. The number of benzene rings is 1. The van der Waals surface area contributed by atoms with Crippen LogP contribution in [-0.2, 0) is 10.5 Å². The lowest BCUT2D eigenvalue weighted by molar-refractivity contribution is -0.133. The summed E-state index contributed by atoms with van der Waals surface area (Å²) < 4.78 is 6.14. The summed E-state index contributed by atoms with van der Waals surface area (Å²) in [5.41, 5.74) is 0.998. The van der Waals surface area contributed by atoms with Gasteiger partial charge in [0, 0.05) is 15.8 Å². The first kappa shape index (κ1) is 12.4. The number of thioether (sulfide) groups is 1. The second kappa shape index (κ2) is 6.02. The van der Waals surface area contributed by atoms with Crippen molar-refractivity contribution < 1.29 is 14.6 Å². The molecule has 1 N–H and O–H groups in total. The minimum absolute atomic E-state index is 0.107. The number of carboxylic acids is 1. The number of aliphatic carboxylic acids is 1. The van der Waals surface area contributed by atoms with Crippen molar-refractivity contribution in [3.8, 4) is 5.75 Å². The smallest absolute Gasteiger partial charge is 0.313 e. The summed E-state index contributed by atoms with van der Waals surface area (Å²) in [6.45, 7) is 0. The molecule has 3 nitrogen and oxygen atoms in total. The van der Waals surface area contributed by atoms with Crippen LogP contribution in [0.2, 0.25) is 0 Å². The van der Waals surface area contributed by atoms with Crippen LogP contribution in [0.1, 0.15) is 5.56 Å². The molecule has 1 rings (SSSR count). The Hall–Kier alpha value is -0.680. The Bertz CT molecular complexity index is 355. The van der Waals surface area contributed by atoms with Crippen LogP contribution in [0.5, 0.6) is 5.75 Å². The van der Waals surface area contributed by atoms with Crippen LogP contribution >= 0.6 is 27.7 Å². The van der Waals surface area contributed by atoms with E-state index in [1.807, 2.05) is 18.2 Å². The van der Waals surface area contributed by atoms with Gasteiger partial charge in [-0.3, -0.25) is 4.79 Å². The van der Waals surface area contributed by atoms with E-state index in [-0.39, 0.29) is 5.75 Å². The average Bonchev–Trinajstić information content (AvgIpc) is 2.17. The molecule has 0 fully saturated rings. The fourth-order valence-electron chi connectivity index (χ4n) is 1.11. The highest BCUT2D eigenvalue weighted by Gasteiger charge is 2.05. The summed E-state index contributed by atoms with van der Waals surface area (Å²) >= 11 is 4.72. The van der Waals surface area contributed by atoms with Gasteiger partial charge in [0.2, 0.25) is 0 Å². The van der Waals surface area contributed by atoms with Crippen molar-refractivity contribution in [2.75, 3.05) is 12.9 Å². The second-order valence-electron chi connectivity index (χ2n) is 2.84. The minimum Gasteiger partial charge on any atom is -0.496 e. The van der Waals surface area contributed by atoms with Gasteiger partial charge < -0.3 is 9.84 Å². The number of carboxylic acid groups (broad SMARTS) is 1. The van der Waals surface area contributed by atoms with Crippen LogP contribution in [-0.4, -0.2) is 23.9 Å². The molecule has 0 saturated carbocycles. The summed E-state index contributed by atoms with van der Waals surface area (Å²) in [5.74, 6) is 0.731. The zero-order valence-corrected chi connectivity index (χ0v) is 10.6. The number of halogens is 1. The lowest BCUT2D eigenvalue weighted by Crippen LogP contribution is -1.99. The number of hydrogen-bond donors (Lipinski definition) is 1. The third kappa shape index (κ3) is 4.13. The Balaban J connectivity index is 2.65. The molecule has 0 spiro atoms. The number of hydrogen-bond acceptors (Lipinski definition) is 3. The third-order valence-electron chi connectivity index (χ3n) is 1.73. The van der Waals surface area contributed by atoms with Gasteiger partial charge in [-0.05, 0) is 18.2 Å². The Morgan fingerprint density at radius 3 is 2.93 bits per heavy atom. The predicted octanol–water partition coefficient (Wildman–Crippen LogP) is 2.78. The zero-order chi connectivity index (χ0) is 11.3. The van der Waals surface area contributed by atoms with Crippen LogP contribution in [0.3, 0.4) is 0 Å². The fraction of sp³-hybridized carbons (Fsp3) is 0.300. The number of methoxy groups -OCH3 is 1. The average molecular weight is 291 g/mol. The van der Waals surface area contributed by atoms with E-state index in [0.717, 1.165) is 15.8 Å². The molecule has 0 atom stereocenters. The van der Waals surface area contributed by atoms with Gasteiger partial charge in [0.1, 0.15) is 5.75 Å². The van der Waals surface area contributed by atoms with E-state index in [9.17, 15) is 4.79 Å². The van der Waals surface area contributed by atoms with E-state index in [1.54, 1.807) is 7.11 Å². The van der Waals surface area contributed by atoms with Crippen molar-refractivity contribution in [2.24, 2.45) is 0 Å². The number of rotatable bonds is 5. The monoisotopic (exact) mass is 290 g/mol. The van der Waals surface area contributed by atoms with Gasteiger partial charge in [0.05, 0.1) is 12.9 Å². The van der Waals surface area contributed by atoms with Crippen LogP contribution in [0, 0.1) is 0 Å². The molecule has 0 amide bonds. The lowest BCUT2D eigenvalue weighted by Gasteiger charge is -2.07. The molecule has 0 aromatic heterocycles. The normalized spacial score (nSPS) is 10.0. The molecule has 0 radical (unpaired) electrons. The highest BCUT2D eigenvalue weighted by atomic mass is 79.9. The largest absolute Gasteiger partial charge is 0.496 e. The van der Waals surface area contributed by atoms with Crippen LogP contribution < -0.4 is 4.74 Å². The van der Waals surface area contributed by atoms with E-state index in [0.29, 0.717) is 5.75 Å². The van der Waals surface area contributed by atoms with Crippen molar-refractivity contribution in [3.05, 3.63) is 28.2 Å². The van der Waals surface area contributed by atoms with Gasteiger partial charge >= 0.3 is 5.97 Å². The standard InChI is InChI=1S/C10H11BrO3S/c1-14-9-3-2-8(11)4-7(9)5-15-6-10(12)13/h2-4H,5-6H2,1H3,(H,12,13). The topological polar surface area (TPSA) is 46.5 Å². The lowest BCUT2D eigenvalue weighted by atomic mass is 10.2. The van der Waals surface area contributed by atoms with E-state index >= 15 is 0 Å². The minimum atomic E-state index is -0.797. The molecule has 5 heteroatoms. The van der Waals surface area contributed by atoms with Gasteiger partial charge in [-0.1, -0.05) is 15.9 Å². The summed E-state index contributed by atoms with van der Waals surface area (Å²) in [6, 6.07) is 5.69. The van der Waals surface area contributed by atoms with E-state index in [1.165, 1.54) is 11.8 Å². The Labute approximate surface area is 101 Å². The van der Waals surface area contributed by atoms with Crippen molar-refractivity contribution in [3.63, 3.8) is 0 Å². The summed E-state index contributed by atoms with van der Waals surface area (Å²) in [6.07, 6.45) is 0. The molecule has 1 aromatic carbocycles. The molecule has 0 unspecified atom stereocenters. The molecule has 1 aromatic rings. The quantitative estimate of drug-likeness (QED) is 0.906. The Morgan fingerprint density at radius 2 is 2.33 bits per heavy atom. The first-order valence-electron chi connectivity index (χ1n) is 4.25. The van der Waals surface area contributed by atoms with Crippen molar-refractivity contribution in [2.45, 2.75) is 5.75 Å². The van der Waals surface area contributed by atoms with E-state index < -0.39 is 5.97 Å². The highest BCUT2D eigenvalue weighted by Crippen LogP contribution is 2.26. The highest BCUT2D eigenvalue weighted by molar-refractivity contribution is 9.10. The zero-order valence-electron chi connectivity index (χ0n) is 8.20. The Morgan fingerprint density at radius 1 is 1.60 bits per heavy atom. The number of ether oxygens (including phenoxy) is 1. The summed E-state index contributed by atoms with van der Waals surface area (Å²) in [4.78, 5) is 10.3. The molecule has 0 aliphatic heterocycles. The van der Waals surface area contributed by atoms with Crippen LogP contribution in [0.4, 0.5) is 0 Å².